The molecule has 0 aliphatic rings. The van der Waals surface area contributed by atoms with E-state index in [1.54, 1.807) is 13.0 Å². The lowest BCUT2D eigenvalue weighted by molar-refractivity contribution is -0.137. The molecule has 1 heterocycles. The molecule has 7 aromatic carbocycles. The van der Waals surface area contributed by atoms with E-state index in [1.807, 2.05) is 24.3 Å². The third-order valence-electron chi connectivity index (χ3n) is 9.14. The maximum atomic E-state index is 12.7. The molecule has 8 aromatic rings. The molecule has 0 amide bonds. The fourth-order valence-electron chi connectivity index (χ4n) is 6.88. The van der Waals surface area contributed by atoms with E-state index in [1.165, 1.54) is 11.3 Å². The molecule has 1 aromatic heterocycles. The summed E-state index contributed by atoms with van der Waals surface area (Å²) in [5, 5.41) is 18.4. The summed E-state index contributed by atoms with van der Waals surface area (Å²) in [5.74, 6) is -0.619. The molecule has 52 heavy (non-hydrogen) atoms. The van der Waals surface area contributed by atoms with Crippen LogP contribution in [0.5, 0.6) is 0 Å². The maximum absolute atomic E-state index is 12.7. The first kappa shape index (κ1) is 32.5. The fraction of sp³-hybridized carbons (Fsp3) is 0.0435. The van der Waals surface area contributed by atoms with Crippen molar-refractivity contribution >= 4 is 89.8 Å². The van der Waals surface area contributed by atoms with Crippen LogP contribution in [-0.4, -0.2) is 12.6 Å². The predicted molar refractivity (Wildman–Crippen MR) is 216 cm³/mol. The molecule has 0 unspecified atom stereocenters. The molecule has 0 aliphatic heterocycles. The second-order valence-corrected chi connectivity index (χ2v) is 13.2. The molecule has 0 atom stereocenters. The van der Waals surface area contributed by atoms with Gasteiger partial charge in [0.05, 0.1) is 6.61 Å². The third-order valence-corrected chi connectivity index (χ3v) is 10.1. The Morgan fingerprint density at radius 2 is 1.04 bits per heavy atom. The first-order valence-electron chi connectivity index (χ1n) is 17.1. The molecule has 0 radical (unpaired) electrons. The highest BCUT2D eigenvalue weighted by molar-refractivity contribution is 7.13. The minimum Gasteiger partial charge on any atom is -0.462 e. The summed E-state index contributed by atoms with van der Waals surface area (Å²) in [7, 11) is 0. The van der Waals surface area contributed by atoms with Crippen LogP contribution in [-0.2, 0) is 9.53 Å². The maximum Gasteiger partial charge on any atom is 0.348 e. The highest BCUT2D eigenvalue weighted by Crippen LogP contribution is 2.46. The number of para-hydroxylation sites is 4. The SMILES string of the molecule is CCOC(=O)C(C#N)=Cc1scc2c3ccc(N(c4ccccc4)c4ccccc4)cc3c3cc(N(c4ccccc4)c4ccccc4)ccc3c12. The third kappa shape index (κ3) is 6.04. The van der Waals surface area contributed by atoms with Crippen molar-refractivity contribution in [3.05, 3.63) is 174 Å². The Morgan fingerprint density at radius 1 is 0.596 bits per heavy atom. The van der Waals surface area contributed by atoms with Crippen molar-refractivity contribution in [3.8, 4) is 6.07 Å². The normalized spacial score (nSPS) is 11.4. The summed E-state index contributed by atoms with van der Waals surface area (Å²) in [4.78, 5) is 18.1. The van der Waals surface area contributed by atoms with E-state index in [2.05, 4.69) is 155 Å². The van der Waals surface area contributed by atoms with E-state index >= 15 is 0 Å². The van der Waals surface area contributed by atoms with E-state index in [4.69, 9.17) is 4.74 Å². The van der Waals surface area contributed by atoms with E-state index < -0.39 is 5.97 Å². The number of fused-ring (bicyclic) bond motifs is 6. The molecule has 0 aliphatic carbocycles. The van der Waals surface area contributed by atoms with Gasteiger partial charge in [-0.15, -0.1) is 11.3 Å². The molecule has 250 valence electrons. The number of benzene rings is 7. The predicted octanol–water partition coefficient (Wildman–Crippen LogP) is 12.6. The Morgan fingerprint density at radius 3 is 1.48 bits per heavy atom. The van der Waals surface area contributed by atoms with E-state index in [9.17, 15) is 10.1 Å². The molecule has 0 saturated heterocycles. The number of anilines is 6. The molecule has 8 rings (SSSR count). The highest BCUT2D eigenvalue weighted by Gasteiger charge is 2.20. The molecule has 0 fully saturated rings. The van der Waals surface area contributed by atoms with Crippen molar-refractivity contribution in [1.29, 1.82) is 5.26 Å². The van der Waals surface area contributed by atoms with Gasteiger partial charge < -0.3 is 14.5 Å². The zero-order valence-electron chi connectivity index (χ0n) is 28.4. The van der Waals surface area contributed by atoms with Crippen molar-refractivity contribution in [1.82, 2.24) is 0 Å². The highest BCUT2D eigenvalue weighted by atomic mass is 32.1. The van der Waals surface area contributed by atoms with Crippen LogP contribution in [0.4, 0.5) is 34.1 Å². The molecule has 5 nitrogen and oxygen atoms in total. The van der Waals surface area contributed by atoms with E-state index in [0.717, 1.165) is 71.3 Å². The quantitative estimate of drug-likeness (QED) is 0.0653. The largest absolute Gasteiger partial charge is 0.462 e. The van der Waals surface area contributed by atoms with Gasteiger partial charge in [-0.05, 0) is 113 Å². The summed E-state index contributed by atoms with van der Waals surface area (Å²) in [6.07, 6.45) is 1.67. The second-order valence-electron chi connectivity index (χ2n) is 12.3. The van der Waals surface area contributed by atoms with Crippen LogP contribution >= 0.6 is 11.3 Å². The van der Waals surface area contributed by atoms with Gasteiger partial charge >= 0.3 is 5.97 Å². The molecule has 0 bridgehead atoms. The van der Waals surface area contributed by atoms with Gasteiger partial charge in [0.1, 0.15) is 11.6 Å². The smallest absolute Gasteiger partial charge is 0.348 e. The van der Waals surface area contributed by atoms with Crippen LogP contribution in [0.3, 0.4) is 0 Å². The first-order valence-corrected chi connectivity index (χ1v) is 18.0. The molecular weight excluding hydrogens is 659 g/mol. The summed E-state index contributed by atoms with van der Waals surface area (Å²) in [6.45, 7) is 1.94. The van der Waals surface area contributed by atoms with Gasteiger partial charge in [0, 0.05) is 49.8 Å². The van der Waals surface area contributed by atoms with Crippen LogP contribution in [0.25, 0.3) is 38.4 Å². The number of thiophene rings is 1. The number of rotatable bonds is 9. The van der Waals surface area contributed by atoms with Crippen molar-refractivity contribution in [2.45, 2.75) is 6.92 Å². The Bertz CT molecular complexity index is 2530. The van der Waals surface area contributed by atoms with Crippen LogP contribution in [0.2, 0.25) is 0 Å². The van der Waals surface area contributed by atoms with Crippen LogP contribution < -0.4 is 9.80 Å². The minimum atomic E-state index is -0.619. The van der Waals surface area contributed by atoms with Crippen molar-refractivity contribution in [2.24, 2.45) is 0 Å². The number of ether oxygens (including phenoxy) is 1. The topological polar surface area (TPSA) is 56.6 Å². The zero-order valence-corrected chi connectivity index (χ0v) is 29.3. The molecular formula is C46H33N3O2S. The lowest BCUT2D eigenvalue weighted by atomic mass is 9.94. The molecule has 0 saturated carbocycles. The summed E-state index contributed by atoms with van der Waals surface area (Å²) in [6, 6.07) is 56.9. The van der Waals surface area contributed by atoms with E-state index in [-0.39, 0.29) is 12.2 Å². The van der Waals surface area contributed by atoms with Crippen molar-refractivity contribution in [3.63, 3.8) is 0 Å². The standard InChI is InChI=1S/C46H33N3O2S/c1-2-51-46(50)32(30-47)27-44-45-40-26-24-38(49(35-19-11-5-12-20-35)36-21-13-6-14-22-36)29-42(40)41-28-37(23-25-39(41)43(45)31-52-44)48(33-15-7-3-8-16-33)34-17-9-4-10-18-34/h3-29,31H,2H2,1H3. The van der Waals surface area contributed by atoms with E-state index in [0.29, 0.717) is 0 Å². The first-order chi connectivity index (χ1) is 25.6. The van der Waals surface area contributed by atoms with Crippen LogP contribution in [0.1, 0.15) is 11.8 Å². The Hall–Kier alpha value is -6.68. The lowest BCUT2D eigenvalue weighted by Gasteiger charge is -2.27. The molecule has 0 N–H and O–H groups in total. The van der Waals surface area contributed by atoms with Gasteiger partial charge in [-0.3, -0.25) is 0 Å². The minimum absolute atomic E-state index is 0.0218. The number of carbonyl (C=O) groups excluding carboxylic acids is 1. The summed E-state index contributed by atoms with van der Waals surface area (Å²) in [5.41, 5.74) is 6.23. The van der Waals surface area contributed by atoms with Gasteiger partial charge in [0.2, 0.25) is 0 Å². The summed E-state index contributed by atoms with van der Waals surface area (Å²) < 4.78 is 5.21. The molecule has 0 spiro atoms. The van der Waals surface area contributed by atoms with Crippen molar-refractivity contribution in [2.75, 3.05) is 16.4 Å². The Balaban J connectivity index is 1.43. The Kier molecular flexibility index (Phi) is 8.93. The van der Waals surface area contributed by atoms with Crippen molar-refractivity contribution < 1.29 is 9.53 Å². The number of hydrogen-bond donors (Lipinski definition) is 0. The molecule has 6 heteroatoms. The van der Waals surface area contributed by atoms with Gasteiger partial charge in [0.15, 0.2) is 0 Å². The number of carbonyl (C=O) groups is 1. The summed E-state index contributed by atoms with van der Waals surface area (Å²) >= 11 is 1.52. The fourth-order valence-corrected chi connectivity index (χ4v) is 7.89. The number of esters is 1. The average molecular weight is 692 g/mol. The monoisotopic (exact) mass is 691 g/mol. The lowest BCUT2D eigenvalue weighted by Crippen LogP contribution is -2.10. The average Bonchev–Trinajstić information content (AvgIpc) is 3.63. The van der Waals surface area contributed by atoms with Gasteiger partial charge in [0.25, 0.3) is 0 Å². The number of hydrogen-bond acceptors (Lipinski definition) is 6. The van der Waals surface area contributed by atoms with Crippen LogP contribution in [0.15, 0.2) is 169 Å². The number of nitrogens with zero attached hydrogens (tertiary/aromatic N) is 3. The van der Waals surface area contributed by atoms with Gasteiger partial charge in [-0.1, -0.05) is 84.9 Å². The van der Waals surface area contributed by atoms with Gasteiger partial charge in [-0.25, -0.2) is 4.79 Å². The zero-order chi connectivity index (χ0) is 35.4. The Labute approximate surface area is 306 Å². The van der Waals surface area contributed by atoms with Gasteiger partial charge in [-0.2, -0.15) is 5.26 Å². The van der Waals surface area contributed by atoms with Crippen LogP contribution in [0, 0.1) is 11.3 Å². The second kappa shape index (κ2) is 14.3. The number of nitriles is 1.